The monoisotopic (exact) mass is 409 g/mol. The number of hydrogen-bond acceptors (Lipinski definition) is 5. The van der Waals surface area contributed by atoms with Gasteiger partial charge < -0.3 is 10.1 Å². The molecule has 0 saturated heterocycles. The lowest BCUT2D eigenvalue weighted by molar-refractivity contribution is -0.116. The van der Waals surface area contributed by atoms with Crippen LogP contribution in [0.2, 0.25) is 5.02 Å². The maximum absolute atomic E-state index is 12.4. The molecule has 2 aromatic rings. The van der Waals surface area contributed by atoms with Gasteiger partial charge in [-0.1, -0.05) is 29.8 Å². The lowest BCUT2D eigenvalue weighted by atomic mass is 10.0. The largest absolute Gasteiger partial charge is 0.465 e. The third kappa shape index (κ3) is 5.21. The first-order chi connectivity index (χ1) is 14.0. The maximum atomic E-state index is 12.4. The van der Waals surface area contributed by atoms with Gasteiger partial charge >= 0.3 is 5.97 Å². The number of amides is 1. The van der Waals surface area contributed by atoms with E-state index in [2.05, 4.69) is 21.5 Å². The fourth-order valence-corrected chi connectivity index (χ4v) is 3.07. The average molecular weight is 410 g/mol. The number of carbonyl (C=O) groups excluding carboxylic acids is 2. The van der Waals surface area contributed by atoms with Crippen molar-refractivity contribution >= 4 is 29.2 Å². The van der Waals surface area contributed by atoms with Gasteiger partial charge in [-0.2, -0.15) is 10.2 Å². The summed E-state index contributed by atoms with van der Waals surface area (Å²) in [5.74, 6) is 1.80. The number of anilines is 1. The van der Waals surface area contributed by atoms with Gasteiger partial charge in [-0.3, -0.25) is 4.79 Å². The van der Waals surface area contributed by atoms with Crippen molar-refractivity contribution in [1.29, 1.82) is 0 Å². The molecule has 0 aromatic heterocycles. The number of nitrogens with one attached hydrogen (secondary N) is 1. The van der Waals surface area contributed by atoms with Crippen LogP contribution in [0, 0.1) is 12.3 Å². The SMILES string of the molecule is C#CCCC1(CCC(=O)Nc2ccc(-c3ccc(Cl)cc3)cc2C(=O)OC)N=N1. The smallest absolute Gasteiger partial charge is 0.339 e. The Hall–Kier alpha value is -3.17. The number of hydrogen-bond donors (Lipinski definition) is 1. The normalized spacial score (nSPS) is 13.4. The minimum atomic E-state index is -0.534. The van der Waals surface area contributed by atoms with E-state index in [0.717, 1.165) is 11.1 Å². The van der Waals surface area contributed by atoms with Crippen molar-refractivity contribution in [3.8, 4) is 23.5 Å². The fourth-order valence-electron chi connectivity index (χ4n) is 2.95. The minimum absolute atomic E-state index is 0.219. The van der Waals surface area contributed by atoms with Crippen LogP contribution < -0.4 is 5.32 Å². The molecule has 0 bridgehead atoms. The van der Waals surface area contributed by atoms with E-state index >= 15 is 0 Å². The van der Waals surface area contributed by atoms with Gasteiger partial charge in [-0.05, 0) is 35.4 Å². The van der Waals surface area contributed by atoms with Crippen LogP contribution in [-0.4, -0.2) is 24.6 Å². The first-order valence-corrected chi connectivity index (χ1v) is 9.50. The lowest BCUT2D eigenvalue weighted by Gasteiger charge is -2.13. The van der Waals surface area contributed by atoms with Crippen molar-refractivity contribution in [3.63, 3.8) is 0 Å². The van der Waals surface area contributed by atoms with Crippen molar-refractivity contribution in [3.05, 3.63) is 53.1 Å². The Balaban J connectivity index is 1.72. The number of methoxy groups -OCH3 is 1. The van der Waals surface area contributed by atoms with E-state index in [1.54, 1.807) is 24.3 Å². The molecule has 1 aliphatic rings. The third-order valence-corrected chi connectivity index (χ3v) is 4.93. The second-order valence-corrected chi connectivity index (χ2v) is 7.13. The van der Waals surface area contributed by atoms with Gasteiger partial charge in [0.15, 0.2) is 5.66 Å². The van der Waals surface area contributed by atoms with Crippen LogP contribution >= 0.6 is 11.6 Å². The highest BCUT2D eigenvalue weighted by Gasteiger charge is 2.39. The fraction of sp³-hybridized carbons (Fsp3) is 0.273. The second-order valence-electron chi connectivity index (χ2n) is 6.69. The van der Waals surface area contributed by atoms with Crippen LogP contribution in [0.4, 0.5) is 5.69 Å². The summed E-state index contributed by atoms with van der Waals surface area (Å²) in [4.78, 5) is 24.7. The zero-order valence-electron chi connectivity index (χ0n) is 15.9. The quantitative estimate of drug-likeness (QED) is 0.487. The molecule has 0 radical (unpaired) electrons. The van der Waals surface area contributed by atoms with Crippen molar-refractivity contribution in [1.82, 2.24) is 0 Å². The van der Waals surface area contributed by atoms with Crippen molar-refractivity contribution in [2.45, 2.75) is 31.3 Å². The summed E-state index contributed by atoms with van der Waals surface area (Å²) < 4.78 is 4.88. The maximum Gasteiger partial charge on any atom is 0.339 e. The first kappa shape index (κ1) is 20.6. The van der Waals surface area contributed by atoms with Crippen LogP contribution in [0.5, 0.6) is 0 Å². The molecule has 1 amide bonds. The molecule has 1 heterocycles. The molecule has 0 unspecified atom stereocenters. The Morgan fingerprint density at radius 3 is 2.45 bits per heavy atom. The number of benzene rings is 2. The molecule has 148 valence electrons. The molecule has 0 aliphatic carbocycles. The summed E-state index contributed by atoms with van der Waals surface area (Å²) in [5, 5.41) is 11.5. The van der Waals surface area contributed by atoms with Crippen molar-refractivity contribution in [2.75, 3.05) is 12.4 Å². The van der Waals surface area contributed by atoms with Gasteiger partial charge in [-0.15, -0.1) is 12.3 Å². The molecule has 7 heteroatoms. The average Bonchev–Trinajstić information content (AvgIpc) is 3.51. The Kier molecular flexibility index (Phi) is 6.30. The third-order valence-electron chi connectivity index (χ3n) is 4.68. The second kappa shape index (κ2) is 8.89. The molecular weight excluding hydrogens is 390 g/mol. The zero-order valence-corrected chi connectivity index (χ0v) is 16.7. The van der Waals surface area contributed by atoms with E-state index in [9.17, 15) is 9.59 Å². The highest BCUT2D eigenvalue weighted by molar-refractivity contribution is 6.30. The van der Waals surface area contributed by atoms with Crippen molar-refractivity contribution in [2.24, 2.45) is 10.2 Å². The van der Waals surface area contributed by atoms with Gasteiger partial charge in [0.2, 0.25) is 5.91 Å². The first-order valence-electron chi connectivity index (χ1n) is 9.12. The van der Waals surface area contributed by atoms with E-state index < -0.39 is 11.6 Å². The molecule has 3 rings (SSSR count). The Morgan fingerprint density at radius 2 is 1.83 bits per heavy atom. The number of halogens is 1. The van der Waals surface area contributed by atoms with E-state index in [4.69, 9.17) is 22.8 Å². The van der Waals surface area contributed by atoms with E-state index in [1.807, 2.05) is 18.2 Å². The van der Waals surface area contributed by atoms with Gasteiger partial charge in [0.25, 0.3) is 0 Å². The Bertz CT molecular complexity index is 987. The van der Waals surface area contributed by atoms with E-state index in [0.29, 0.717) is 30.0 Å². The number of terminal acetylenes is 1. The van der Waals surface area contributed by atoms with Gasteiger partial charge in [0.05, 0.1) is 18.4 Å². The van der Waals surface area contributed by atoms with Crippen LogP contribution in [0.1, 0.15) is 36.0 Å². The van der Waals surface area contributed by atoms with Crippen LogP contribution in [0.25, 0.3) is 11.1 Å². The highest BCUT2D eigenvalue weighted by atomic mass is 35.5. The van der Waals surface area contributed by atoms with Crippen LogP contribution in [0.3, 0.4) is 0 Å². The lowest BCUT2D eigenvalue weighted by Crippen LogP contribution is -2.19. The summed E-state index contributed by atoms with van der Waals surface area (Å²) in [7, 11) is 1.30. The number of carbonyl (C=O) groups is 2. The molecule has 1 aliphatic heterocycles. The molecule has 0 fully saturated rings. The van der Waals surface area contributed by atoms with E-state index in [-0.39, 0.29) is 17.9 Å². The number of rotatable bonds is 8. The van der Waals surface area contributed by atoms with Crippen LogP contribution in [0.15, 0.2) is 52.7 Å². The van der Waals surface area contributed by atoms with E-state index in [1.165, 1.54) is 7.11 Å². The molecule has 2 aromatic carbocycles. The molecule has 0 atom stereocenters. The Morgan fingerprint density at radius 1 is 1.14 bits per heavy atom. The highest BCUT2D eigenvalue weighted by Crippen LogP contribution is 2.37. The minimum Gasteiger partial charge on any atom is -0.465 e. The molecule has 0 spiro atoms. The molecule has 0 saturated carbocycles. The Labute approximate surface area is 174 Å². The summed E-state index contributed by atoms with van der Waals surface area (Å²) in [6.45, 7) is 0. The molecule has 1 N–H and O–H groups in total. The summed E-state index contributed by atoms with van der Waals surface area (Å²) in [6, 6.07) is 12.5. The molecule has 29 heavy (non-hydrogen) atoms. The number of esters is 1. The summed E-state index contributed by atoms with van der Waals surface area (Å²) in [6.07, 6.45) is 7.18. The predicted molar refractivity (Wildman–Crippen MR) is 112 cm³/mol. The van der Waals surface area contributed by atoms with Gasteiger partial charge in [0.1, 0.15) is 0 Å². The topological polar surface area (TPSA) is 80.1 Å². The van der Waals surface area contributed by atoms with Gasteiger partial charge in [-0.25, -0.2) is 4.79 Å². The summed E-state index contributed by atoms with van der Waals surface area (Å²) >= 11 is 5.94. The van der Waals surface area contributed by atoms with Gasteiger partial charge in [0, 0.05) is 30.7 Å². The summed E-state index contributed by atoms with van der Waals surface area (Å²) in [5.41, 5.74) is 1.85. The van der Waals surface area contributed by atoms with Crippen molar-refractivity contribution < 1.29 is 14.3 Å². The number of ether oxygens (including phenoxy) is 1. The molecular formula is C22H20ClN3O3. The number of nitrogens with zero attached hydrogens (tertiary/aromatic N) is 2. The molecule has 6 nitrogen and oxygen atoms in total. The standard InChI is InChI=1S/C22H20ClN3O3/c1-3-4-12-22(25-26-22)13-11-20(27)24-19-10-7-16(14-18(19)21(28)29-2)15-5-8-17(23)9-6-15/h1,5-10,14H,4,11-13H2,2H3,(H,24,27). The van der Waals surface area contributed by atoms with Crippen LogP contribution in [-0.2, 0) is 9.53 Å². The predicted octanol–water partition coefficient (Wildman–Crippen LogP) is 5.09. The zero-order chi connectivity index (χ0) is 20.9.